The summed E-state index contributed by atoms with van der Waals surface area (Å²) < 4.78 is 0. The van der Waals surface area contributed by atoms with Crippen molar-refractivity contribution in [2.75, 3.05) is 39.8 Å². The van der Waals surface area contributed by atoms with E-state index in [1.54, 1.807) is 17.4 Å². The fourth-order valence-corrected chi connectivity index (χ4v) is 2.53. The second kappa shape index (κ2) is 7.71. The predicted octanol–water partition coefficient (Wildman–Crippen LogP) is -0.245. The maximum absolute atomic E-state index is 12.4. The van der Waals surface area contributed by atoms with Gasteiger partial charge in [0.15, 0.2) is 0 Å². The van der Waals surface area contributed by atoms with Gasteiger partial charge >= 0.3 is 0 Å². The Balaban J connectivity index is 1.89. The first-order chi connectivity index (χ1) is 10.5. The number of nitrogens with one attached hydrogen (secondary N) is 1. The van der Waals surface area contributed by atoms with Crippen molar-refractivity contribution in [2.45, 2.75) is 32.5 Å². The van der Waals surface area contributed by atoms with Gasteiger partial charge in [0.2, 0.25) is 5.91 Å². The van der Waals surface area contributed by atoms with Crippen molar-refractivity contribution in [3.05, 3.63) is 18.2 Å². The Kier molecular flexibility index (Phi) is 5.93. The van der Waals surface area contributed by atoms with Gasteiger partial charge in [0.25, 0.3) is 0 Å². The number of likely N-dealkylation sites (N-methyl/N-ethyl adjacent to an activating group) is 1. The number of imidazole rings is 1. The maximum atomic E-state index is 12.4. The van der Waals surface area contributed by atoms with Gasteiger partial charge in [0, 0.05) is 50.7 Å². The van der Waals surface area contributed by atoms with E-state index >= 15 is 0 Å². The van der Waals surface area contributed by atoms with E-state index in [2.05, 4.69) is 28.7 Å². The number of β-amino-alcohol motifs (C(OH)–C–C–N with tert-alkyl or cyclic N) is 1. The van der Waals surface area contributed by atoms with Gasteiger partial charge in [0.05, 0.1) is 19.0 Å². The Hall–Kier alpha value is -1.44. The van der Waals surface area contributed by atoms with Crippen LogP contribution < -0.4 is 0 Å². The molecule has 1 amide bonds. The summed E-state index contributed by atoms with van der Waals surface area (Å²) in [6, 6.07) is 0.331. The van der Waals surface area contributed by atoms with Crippen LogP contribution in [0.25, 0.3) is 0 Å². The molecule has 0 aromatic carbocycles. The standard InChI is InChI=1S/C15H27N5O2/c1-12(2)18(3)10-15(22)20-5-4-19(8-14(21)9-20)7-13-6-16-11-17-13/h6,11-12,14,21H,4-5,7-10H2,1-3H3,(H,16,17)/t14-/m0/s1. The van der Waals surface area contributed by atoms with E-state index in [9.17, 15) is 9.90 Å². The maximum Gasteiger partial charge on any atom is 0.236 e. The molecule has 1 atom stereocenters. The van der Waals surface area contributed by atoms with E-state index in [1.165, 1.54) is 0 Å². The van der Waals surface area contributed by atoms with Gasteiger partial charge < -0.3 is 15.0 Å². The highest BCUT2D eigenvalue weighted by molar-refractivity contribution is 5.78. The Labute approximate surface area is 131 Å². The molecule has 1 aromatic heterocycles. The summed E-state index contributed by atoms with van der Waals surface area (Å²) >= 11 is 0. The van der Waals surface area contributed by atoms with Gasteiger partial charge in [-0.3, -0.25) is 14.6 Å². The average Bonchev–Trinajstić information content (AvgIpc) is 2.88. The van der Waals surface area contributed by atoms with Crippen molar-refractivity contribution in [3.63, 3.8) is 0 Å². The average molecular weight is 309 g/mol. The molecule has 1 aromatic rings. The number of H-pyrrole nitrogens is 1. The monoisotopic (exact) mass is 309 g/mol. The lowest BCUT2D eigenvalue weighted by molar-refractivity contribution is -0.133. The zero-order valence-electron chi connectivity index (χ0n) is 13.7. The predicted molar refractivity (Wildman–Crippen MR) is 84.2 cm³/mol. The van der Waals surface area contributed by atoms with Gasteiger partial charge in [-0.15, -0.1) is 0 Å². The molecule has 7 nitrogen and oxygen atoms in total. The molecular weight excluding hydrogens is 282 g/mol. The SMILES string of the molecule is CC(C)N(C)CC(=O)N1CCN(Cc2cnc[nH]2)C[C@H](O)C1. The van der Waals surface area contributed by atoms with Crippen molar-refractivity contribution < 1.29 is 9.90 Å². The highest BCUT2D eigenvalue weighted by Crippen LogP contribution is 2.08. The summed E-state index contributed by atoms with van der Waals surface area (Å²) in [6.45, 7) is 7.62. The highest BCUT2D eigenvalue weighted by Gasteiger charge is 2.25. The summed E-state index contributed by atoms with van der Waals surface area (Å²) in [5, 5.41) is 10.2. The third-order valence-corrected chi connectivity index (χ3v) is 4.15. The summed E-state index contributed by atoms with van der Waals surface area (Å²) in [5.74, 6) is 0.0821. The van der Waals surface area contributed by atoms with E-state index in [1.807, 2.05) is 11.9 Å². The molecule has 7 heteroatoms. The van der Waals surface area contributed by atoms with Gasteiger partial charge in [-0.25, -0.2) is 4.98 Å². The fourth-order valence-electron chi connectivity index (χ4n) is 2.53. The molecule has 0 radical (unpaired) electrons. The van der Waals surface area contributed by atoms with Crippen LogP contribution in [0.4, 0.5) is 0 Å². The number of carbonyl (C=O) groups excluding carboxylic acids is 1. The molecule has 0 unspecified atom stereocenters. The van der Waals surface area contributed by atoms with Crippen LogP contribution in [0.15, 0.2) is 12.5 Å². The molecule has 1 saturated heterocycles. The smallest absolute Gasteiger partial charge is 0.236 e. The molecule has 0 aliphatic carbocycles. The summed E-state index contributed by atoms with van der Waals surface area (Å²) in [5.41, 5.74) is 1.02. The van der Waals surface area contributed by atoms with Gasteiger partial charge in [-0.2, -0.15) is 0 Å². The number of aliphatic hydroxyl groups excluding tert-OH is 1. The van der Waals surface area contributed by atoms with Crippen LogP contribution in [0.3, 0.4) is 0 Å². The lowest BCUT2D eigenvalue weighted by Crippen LogP contribution is -2.44. The van der Waals surface area contributed by atoms with E-state index in [-0.39, 0.29) is 5.91 Å². The minimum absolute atomic E-state index is 0.0821. The van der Waals surface area contributed by atoms with E-state index < -0.39 is 6.10 Å². The number of hydrogen-bond donors (Lipinski definition) is 2. The first kappa shape index (κ1) is 16.9. The van der Waals surface area contributed by atoms with Crippen molar-refractivity contribution in [2.24, 2.45) is 0 Å². The van der Waals surface area contributed by atoms with Crippen molar-refractivity contribution in [1.82, 2.24) is 24.7 Å². The number of carbonyl (C=O) groups is 1. The highest BCUT2D eigenvalue weighted by atomic mass is 16.3. The van der Waals surface area contributed by atoms with Crippen molar-refractivity contribution in [3.8, 4) is 0 Å². The lowest BCUT2D eigenvalue weighted by atomic mass is 10.3. The largest absolute Gasteiger partial charge is 0.390 e. The van der Waals surface area contributed by atoms with E-state index in [4.69, 9.17) is 0 Å². The summed E-state index contributed by atoms with van der Waals surface area (Å²) in [7, 11) is 1.95. The van der Waals surface area contributed by atoms with Crippen LogP contribution in [0.5, 0.6) is 0 Å². The molecule has 124 valence electrons. The van der Waals surface area contributed by atoms with Gasteiger partial charge in [0.1, 0.15) is 0 Å². The zero-order chi connectivity index (χ0) is 16.1. The number of nitrogens with zero attached hydrogens (tertiary/aromatic N) is 4. The Morgan fingerprint density at radius 1 is 1.50 bits per heavy atom. The van der Waals surface area contributed by atoms with E-state index in [0.717, 1.165) is 12.2 Å². The number of amides is 1. The third kappa shape index (κ3) is 4.79. The fraction of sp³-hybridized carbons (Fsp3) is 0.733. The van der Waals surface area contributed by atoms with Crippen LogP contribution in [-0.4, -0.2) is 87.6 Å². The van der Waals surface area contributed by atoms with Crippen LogP contribution in [-0.2, 0) is 11.3 Å². The lowest BCUT2D eigenvalue weighted by Gasteiger charge is -2.26. The first-order valence-electron chi connectivity index (χ1n) is 7.81. The van der Waals surface area contributed by atoms with Gasteiger partial charge in [-0.05, 0) is 20.9 Å². The molecule has 2 rings (SSSR count). The van der Waals surface area contributed by atoms with Gasteiger partial charge in [-0.1, -0.05) is 0 Å². The minimum atomic E-state index is -0.515. The zero-order valence-corrected chi connectivity index (χ0v) is 13.7. The third-order valence-electron chi connectivity index (χ3n) is 4.15. The number of hydrogen-bond acceptors (Lipinski definition) is 5. The first-order valence-corrected chi connectivity index (χ1v) is 7.81. The molecule has 1 aliphatic rings. The molecule has 1 fully saturated rings. The van der Waals surface area contributed by atoms with E-state index in [0.29, 0.717) is 38.8 Å². The molecule has 0 bridgehead atoms. The minimum Gasteiger partial charge on any atom is -0.390 e. The normalized spacial score (nSPS) is 20.6. The molecule has 2 N–H and O–H groups in total. The Morgan fingerprint density at radius 3 is 2.91 bits per heavy atom. The van der Waals surface area contributed by atoms with Crippen molar-refractivity contribution >= 4 is 5.91 Å². The van der Waals surface area contributed by atoms with Crippen molar-refractivity contribution in [1.29, 1.82) is 0 Å². The molecule has 1 aliphatic heterocycles. The summed E-state index contributed by atoms with van der Waals surface area (Å²) in [4.78, 5) is 25.4. The van der Waals surface area contributed by atoms with Crippen LogP contribution >= 0.6 is 0 Å². The Bertz CT molecular complexity index is 463. The van der Waals surface area contributed by atoms with Crippen LogP contribution in [0.1, 0.15) is 19.5 Å². The second-order valence-corrected chi connectivity index (χ2v) is 6.31. The van der Waals surface area contributed by atoms with Crippen LogP contribution in [0, 0.1) is 0 Å². The molecular formula is C15H27N5O2. The number of rotatable bonds is 5. The van der Waals surface area contributed by atoms with Crippen LogP contribution in [0.2, 0.25) is 0 Å². The Morgan fingerprint density at radius 2 is 2.27 bits per heavy atom. The number of aromatic amines is 1. The summed E-state index contributed by atoms with van der Waals surface area (Å²) in [6.07, 6.45) is 2.93. The molecule has 0 spiro atoms. The molecule has 2 heterocycles. The second-order valence-electron chi connectivity index (χ2n) is 6.31. The molecule has 0 saturated carbocycles. The molecule has 22 heavy (non-hydrogen) atoms. The topological polar surface area (TPSA) is 75.7 Å². The quantitative estimate of drug-likeness (QED) is 0.785. The number of aliphatic hydroxyl groups is 1. The number of aromatic nitrogens is 2.